The van der Waals surface area contributed by atoms with E-state index in [9.17, 15) is 19.2 Å². The molecule has 10 heteroatoms. The first kappa shape index (κ1) is 19.8. The molecular weight excluding hydrogens is 358 g/mol. The molecule has 2 rings (SSSR count). The van der Waals surface area contributed by atoms with Crippen molar-refractivity contribution in [1.82, 2.24) is 9.13 Å². The molecule has 0 bridgehead atoms. The Kier molecular flexibility index (Phi) is 6.01. The second-order valence-corrected chi connectivity index (χ2v) is 5.46. The highest BCUT2D eigenvalue weighted by Gasteiger charge is 2.15. The molecule has 0 atom stereocenters. The van der Waals surface area contributed by atoms with Gasteiger partial charge in [0.1, 0.15) is 5.82 Å². The maximum atomic E-state index is 12.1. The Morgan fingerprint density at radius 1 is 1.00 bits per heavy atom. The van der Waals surface area contributed by atoms with E-state index in [4.69, 9.17) is 14.2 Å². The van der Waals surface area contributed by atoms with Gasteiger partial charge in [0.15, 0.2) is 18.1 Å². The molecular formula is C17H19N3O7. The smallest absolute Gasteiger partial charge is 0.338 e. The van der Waals surface area contributed by atoms with Gasteiger partial charge in [-0.15, -0.1) is 0 Å². The molecule has 1 aromatic heterocycles. The Morgan fingerprint density at radius 2 is 1.67 bits per heavy atom. The molecule has 1 N–H and O–H groups in total. The summed E-state index contributed by atoms with van der Waals surface area (Å²) in [6.45, 7) is -0.601. The van der Waals surface area contributed by atoms with Gasteiger partial charge in [-0.3, -0.25) is 18.7 Å². The van der Waals surface area contributed by atoms with E-state index in [1.54, 1.807) is 0 Å². The Hall–Kier alpha value is -3.56. The van der Waals surface area contributed by atoms with Gasteiger partial charge in [0.2, 0.25) is 0 Å². The standard InChI is InChI=1S/C17H19N3O7/c1-19-13(8-15(22)20(2)17(19)24)18-14(21)9-27-16(23)10-5-6-11(25-3)12(7-10)26-4/h5-8H,9H2,1-4H3,(H,18,21). The van der Waals surface area contributed by atoms with Crippen LogP contribution in [0.3, 0.4) is 0 Å². The molecule has 27 heavy (non-hydrogen) atoms. The number of carbonyl (C=O) groups excluding carboxylic acids is 2. The van der Waals surface area contributed by atoms with Crippen molar-refractivity contribution in [3.63, 3.8) is 0 Å². The molecule has 1 amide bonds. The zero-order valence-corrected chi connectivity index (χ0v) is 15.3. The average molecular weight is 377 g/mol. The van der Waals surface area contributed by atoms with Crippen LogP contribution in [-0.2, 0) is 23.6 Å². The molecule has 0 fully saturated rings. The van der Waals surface area contributed by atoms with E-state index < -0.39 is 29.7 Å². The van der Waals surface area contributed by atoms with Crippen molar-refractivity contribution in [3.05, 3.63) is 50.7 Å². The van der Waals surface area contributed by atoms with Crippen LogP contribution in [0.4, 0.5) is 5.82 Å². The number of nitrogens with zero attached hydrogens (tertiary/aromatic N) is 2. The molecule has 0 radical (unpaired) electrons. The number of hydrogen-bond acceptors (Lipinski definition) is 7. The number of amides is 1. The van der Waals surface area contributed by atoms with Crippen molar-refractivity contribution in [1.29, 1.82) is 0 Å². The maximum Gasteiger partial charge on any atom is 0.338 e. The molecule has 1 aromatic carbocycles. The lowest BCUT2D eigenvalue weighted by Gasteiger charge is -2.11. The summed E-state index contributed by atoms with van der Waals surface area (Å²) in [6, 6.07) is 5.51. The third-order valence-corrected chi connectivity index (χ3v) is 3.75. The third-order valence-electron chi connectivity index (χ3n) is 3.75. The topological polar surface area (TPSA) is 118 Å². The summed E-state index contributed by atoms with van der Waals surface area (Å²) < 4.78 is 17.1. The van der Waals surface area contributed by atoms with Crippen LogP contribution in [0, 0.1) is 0 Å². The molecule has 0 spiro atoms. The molecule has 10 nitrogen and oxygen atoms in total. The summed E-state index contributed by atoms with van der Waals surface area (Å²) in [5, 5.41) is 2.36. The highest BCUT2D eigenvalue weighted by Crippen LogP contribution is 2.27. The van der Waals surface area contributed by atoms with Crippen molar-refractivity contribution in [2.75, 3.05) is 26.1 Å². The molecule has 0 saturated heterocycles. The lowest BCUT2D eigenvalue weighted by molar-refractivity contribution is -0.119. The summed E-state index contributed by atoms with van der Waals surface area (Å²) >= 11 is 0. The second-order valence-electron chi connectivity index (χ2n) is 5.46. The monoisotopic (exact) mass is 377 g/mol. The number of hydrogen-bond donors (Lipinski definition) is 1. The predicted octanol–water partition coefficient (Wildman–Crippen LogP) is -0.103. The van der Waals surface area contributed by atoms with Crippen molar-refractivity contribution in [2.45, 2.75) is 0 Å². The fourth-order valence-corrected chi connectivity index (χ4v) is 2.21. The van der Waals surface area contributed by atoms with Crippen LogP contribution in [0.25, 0.3) is 0 Å². The van der Waals surface area contributed by atoms with E-state index in [2.05, 4.69) is 5.32 Å². The zero-order valence-electron chi connectivity index (χ0n) is 15.3. The van der Waals surface area contributed by atoms with Gasteiger partial charge < -0.3 is 19.5 Å². The minimum Gasteiger partial charge on any atom is -0.493 e. The fraction of sp³-hybridized carbons (Fsp3) is 0.294. The number of benzene rings is 1. The maximum absolute atomic E-state index is 12.1. The summed E-state index contributed by atoms with van der Waals surface area (Å²) in [7, 11) is 5.60. The van der Waals surface area contributed by atoms with Crippen LogP contribution >= 0.6 is 0 Å². The SMILES string of the molecule is COc1ccc(C(=O)OCC(=O)Nc2cc(=O)n(C)c(=O)n2C)cc1OC. The van der Waals surface area contributed by atoms with E-state index in [0.29, 0.717) is 11.5 Å². The van der Waals surface area contributed by atoms with Crippen molar-refractivity contribution in [3.8, 4) is 11.5 Å². The highest BCUT2D eigenvalue weighted by atomic mass is 16.5. The number of aromatic nitrogens is 2. The molecule has 2 aromatic rings. The molecule has 0 saturated carbocycles. The molecule has 0 aliphatic rings. The van der Waals surface area contributed by atoms with Gasteiger partial charge >= 0.3 is 11.7 Å². The van der Waals surface area contributed by atoms with Crippen LogP contribution in [0.1, 0.15) is 10.4 Å². The summed E-state index contributed by atoms with van der Waals surface area (Å²) in [5.74, 6) is -0.670. The van der Waals surface area contributed by atoms with Crippen LogP contribution in [0.5, 0.6) is 11.5 Å². The predicted molar refractivity (Wildman–Crippen MR) is 95.4 cm³/mol. The lowest BCUT2D eigenvalue weighted by atomic mass is 10.2. The van der Waals surface area contributed by atoms with Gasteiger partial charge in [-0.1, -0.05) is 0 Å². The Balaban J connectivity index is 2.05. The Labute approximate surface area is 153 Å². The molecule has 144 valence electrons. The summed E-state index contributed by atoms with van der Waals surface area (Å²) in [5.41, 5.74) is -1.00. The average Bonchev–Trinajstić information content (AvgIpc) is 2.67. The number of nitrogens with one attached hydrogen (secondary N) is 1. The normalized spacial score (nSPS) is 10.2. The van der Waals surface area contributed by atoms with Gasteiger partial charge in [-0.2, -0.15) is 0 Å². The van der Waals surface area contributed by atoms with Gasteiger partial charge in [-0.05, 0) is 18.2 Å². The second kappa shape index (κ2) is 8.21. The van der Waals surface area contributed by atoms with Crippen LogP contribution in [0.15, 0.2) is 33.9 Å². The van der Waals surface area contributed by atoms with Crippen molar-refractivity contribution in [2.24, 2.45) is 14.1 Å². The third kappa shape index (κ3) is 4.35. The minimum atomic E-state index is -0.746. The van der Waals surface area contributed by atoms with Crippen LogP contribution < -0.4 is 26.0 Å². The number of rotatable bonds is 6. The number of methoxy groups -OCH3 is 2. The summed E-state index contributed by atoms with van der Waals surface area (Å²) in [6.07, 6.45) is 0. The van der Waals surface area contributed by atoms with E-state index in [1.165, 1.54) is 46.5 Å². The van der Waals surface area contributed by atoms with Gasteiger partial charge in [0.05, 0.1) is 19.8 Å². The number of esters is 1. The highest BCUT2D eigenvalue weighted by molar-refractivity contribution is 5.95. The first-order valence-electron chi connectivity index (χ1n) is 7.74. The Bertz CT molecular complexity index is 991. The lowest BCUT2D eigenvalue weighted by Crippen LogP contribution is -2.38. The van der Waals surface area contributed by atoms with Gasteiger partial charge in [0.25, 0.3) is 11.5 Å². The van der Waals surface area contributed by atoms with Gasteiger partial charge in [0, 0.05) is 20.2 Å². The number of anilines is 1. The van der Waals surface area contributed by atoms with Gasteiger partial charge in [-0.25, -0.2) is 9.59 Å². The van der Waals surface area contributed by atoms with Crippen LogP contribution in [0.2, 0.25) is 0 Å². The van der Waals surface area contributed by atoms with E-state index in [-0.39, 0.29) is 11.4 Å². The van der Waals surface area contributed by atoms with E-state index in [0.717, 1.165) is 15.2 Å². The first-order valence-corrected chi connectivity index (χ1v) is 7.74. The quantitative estimate of drug-likeness (QED) is 0.698. The summed E-state index contributed by atoms with van der Waals surface area (Å²) in [4.78, 5) is 47.5. The number of ether oxygens (including phenoxy) is 3. The van der Waals surface area contributed by atoms with E-state index in [1.807, 2.05) is 0 Å². The molecule has 0 aliphatic heterocycles. The van der Waals surface area contributed by atoms with E-state index >= 15 is 0 Å². The van der Waals surface area contributed by atoms with Crippen LogP contribution in [-0.4, -0.2) is 41.8 Å². The fourth-order valence-electron chi connectivity index (χ4n) is 2.21. The van der Waals surface area contributed by atoms with Crippen molar-refractivity contribution < 1.29 is 23.8 Å². The van der Waals surface area contributed by atoms with Crippen molar-refractivity contribution >= 4 is 17.7 Å². The first-order chi connectivity index (χ1) is 12.8. The number of carbonyl (C=O) groups is 2. The zero-order chi connectivity index (χ0) is 20.1. The minimum absolute atomic E-state index is 0.00438. The molecule has 1 heterocycles. The largest absolute Gasteiger partial charge is 0.493 e. The Morgan fingerprint density at radius 3 is 2.30 bits per heavy atom. The molecule has 0 unspecified atom stereocenters. The molecule has 0 aliphatic carbocycles.